The van der Waals surface area contributed by atoms with E-state index in [9.17, 15) is 0 Å². The van der Waals surface area contributed by atoms with Gasteiger partial charge in [-0.1, -0.05) is 18.2 Å². The van der Waals surface area contributed by atoms with E-state index < -0.39 is 0 Å². The van der Waals surface area contributed by atoms with Crippen LogP contribution in [0.3, 0.4) is 0 Å². The average Bonchev–Trinajstić information content (AvgIpc) is 3.23. The molecule has 1 heterocycles. The maximum atomic E-state index is 5.86. The number of para-hydroxylation sites is 1. The molecule has 3 heteroatoms. The number of aromatic nitrogens is 1. The van der Waals surface area contributed by atoms with Crippen molar-refractivity contribution in [3.05, 3.63) is 54.4 Å². The standard InChI is InChI=1S/C15H16N2O/c1-2-4-14(5-3-1)18-15-11-16-9-8-12(15)10-17-13-6-7-13/h1-5,8-9,11,13,17H,6-7,10H2. The highest BCUT2D eigenvalue weighted by Crippen LogP contribution is 2.25. The van der Waals surface area contributed by atoms with Gasteiger partial charge in [0.15, 0.2) is 0 Å². The predicted molar refractivity (Wildman–Crippen MR) is 70.6 cm³/mol. The van der Waals surface area contributed by atoms with Crippen LogP contribution in [-0.2, 0) is 6.54 Å². The number of nitrogens with zero attached hydrogens (tertiary/aromatic N) is 1. The van der Waals surface area contributed by atoms with E-state index in [-0.39, 0.29) is 0 Å². The van der Waals surface area contributed by atoms with Gasteiger partial charge in [0.05, 0.1) is 6.20 Å². The average molecular weight is 240 g/mol. The first-order chi connectivity index (χ1) is 8.92. The molecule has 1 saturated carbocycles. The van der Waals surface area contributed by atoms with E-state index in [1.165, 1.54) is 12.8 Å². The molecule has 0 saturated heterocycles. The maximum absolute atomic E-state index is 5.86. The summed E-state index contributed by atoms with van der Waals surface area (Å²) >= 11 is 0. The third kappa shape index (κ3) is 2.87. The zero-order chi connectivity index (χ0) is 12.2. The largest absolute Gasteiger partial charge is 0.455 e. The number of nitrogens with one attached hydrogen (secondary N) is 1. The van der Waals surface area contributed by atoms with Crippen LogP contribution in [0.15, 0.2) is 48.8 Å². The Morgan fingerprint density at radius 2 is 2.00 bits per heavy atom. The Kier molecular flexibility index (Phi) is 3.24. The molecule has 1 N–H and O–H groups in total. The molecule has 1 aromatic heterocycles. The van der Waals surface area contributed by atoms with Crippen LogP contribution >= 0.6 is 0 Å². The molecule has 1 aliphatic carbocycles. The lowest BCUT2D eigenvalue weighted by molar-refractivity contribution is 0.470. The molecule has 1 aromatic carbocycles. The van der Waals surface area contributed by atoms with E-state index in [0.29, 0.717) is 6.04 Å². The zero-order valence-electron chi connectivity index (χ0n) is 10.2. The van der Waals surface area contributed by atoms with Gasteiger partial charge in [0.2, 0.25) is 0 Å². The lowest BCUT2D eigenvalue weighted by atomic mass is 10.2. The van der Waals surface area contributed by atoms with Gasteiger partial charge in [-0.25, -0.2) is 0 Å². The van der Waals surface area contributed by atoms with Crippen molar-refractivity contribution in [2.45, 2.75) is 25.4 Å². The van der Waals surface area contributed by atoms with Gasteiger partial charge in [0.25, 0.3) is 0 Å². The van der Waals surface area contributed by atoms with Gasteiger partial charge < -0.3 is 10.1 Å². The van der Waals surface area contributed by atoms with Crippen LogP contribution in [-0.4, -0.2) is 11.0 Å². The Labute approximate surface area is 107 Å². The van der Waals surface area contributed by atoms with Crippen LogP contribution in [0.2, 0.25) is 0 Å². The fraction of sp³-hybridized carbons (Fsp3) is 0.267. The molecule has 1 aliphatic rings. The maximum Gasteiger partial charge on any atom is 0.150 e. The number of hydrogen-bond acceptors (Lipinski definition) is 3. The number of benzene rings is 1. The Bertz CT molecular complexity index is 509. The van der Waals surface area contributed by atoms with Gasteiger partial charge in [0, 0.05) is 24.3 Å². The Hall–Kier alpha value is -1.87. The lowest BCUT2D eigenvalue weighted by Crippen LogP contribution is -2.15. The molecule has 92 valence electrons. The Morgan fingerprint density at radius 3 is 2.78 bits per heavy atom. The van der Waals surface area contributed by atoms with Crippen LogP contribution in [0.4, 0.5) is 0 Å². The van der Waals surface area contributed by atoms with Crippen molar-refractivity contribution >= 4 is 0 Å². The summed E-state index contributed by atoms with van der Waals surface area (Å²) in [4.78, 5) is 4.13. The Balaban J connectivity index is 1.73. The molecule has 3 nitrogen and oxygen atoms in total. The quantitative estimate of drug-likeness (QED) is 0.871. The van der Waals surface area contributed by atoms with Crippen LogP contribution in [0.25, 0.3) is 0 Å². The van der Waals surface area contributed by atoms with Crippen molar-refractivity contribution in [1.29, 1.82) is 0 Å². The second-order valence-corrected chi connectivity index (χ2v) is 4.55. The summed E-state index contributed by atoms with van der Waals surface area (Å²) in [6, 6.07) is 12.5. The van der Waals surface area contributed by atoms with E-state index in [1.807, 2.05) is 42.6 Å². The highest BCUT2D eigenvalue weighted by atomic mass is 16.5. The van der Waals surface area contributed by atoms with Crippen LogP contribution in [0.1, 0.15) is 18.4 Å². The molecule has 2 aromatic rings. The summed E-state index contributed by atoms with van der Waals surface area (Å²) in [6.45, 7) is 0.843. The number of hydrogen-bond donors (Lipinski definition) is 1. The molecule has 1 fully saturated rings. The fourth-order valence-electron chi connectivity index (χ4n) is 1.80. The third-order valence-corrected chi connectivity index (χ3v) is 3.00. The normalized spacial score (nSPS) is 14.4. The fourth-order valence-corrected chi connectivity index (χ4v) is 1.80. The van der Waals surface area contributed by atoms with Gasteiger partial charge in [-0.2, -0.15) is 0 Å². The van der Waals surface area contributed by atoms with Crippen molar-refractivity contribution < 1.29 is 4.74 Å². The minimum absolute atomic E-state index is 0.697. The van der Waals surface area contributed by atoms with Gasteiger partial charge >= 0.3 is 0 Å². The highest BCUT2D eigenvalue weighted by molar-refractivity contribution is 5.35. The summed E-state index contributed by atoms with van der Waals surface area (Å²) in [6.07, 6.45) is 6.17. The molecule has 0 atom stereocenters. The monoisotopic (exact) mass is 240 g/mol. The lowest BCUT2D eigenvalue weighted by Gasteiger charge is -2.10. The van der Waals surface area contributed by atoms with E-state index in [1.54, 1.807) is 6.20 Å². The molecule has 0 spiro atoms. The SMILES string of the molecule is c1ccc(Oc2cnccc2CNC2CC2)cc1. The second-order valence-electron chi connectivity index (χ2n) is 4.55. The number of pyridine rings is 1. The van der Waals surface area contributed by atoms with Gasteiger partial charge in [-0.3, -0.25) is 4.98 Å². The van der Waals surface area contributed by atoms with Crippen molar-refractivity contribution in [3.8, 4) is 11.5 Å². The summed E-state index contributed by atoms with van der Waals surface area (Å²) < 4.78 is 5.86. The first-order valence-electron chi connectivity index (χ1n) is 6.31. The molecule has 0 unspecified atom stereocenters. The predicted octanol–water partition coefficient (Wildman–Crippen LogP) is 3.13. The molecule has 3 rings (SSSR count). The number of ether oxygens (including phenoxy) is 1. The summed E-state index contributed by atoms with van der Waals surface area (Å²) in [5.74, 6) is 1.68. The van der Waals surface area contributed by atoms with Crippen molar-refractivity contribution in [1.82, 2.24) is 10.3 Å². The summed E-state index contributed by atoms with van der Waals surface area (Å²) in [5.41, 5.74) is 1.15. The van der Waals surface area contributed by atoms with Crippen molar-refractivity contribution in [3.63, 3.8) is 0 Å². The van der Waals surface area contributed by atoms with E-state index in [2.05, 4.69) is 10.3 Å². The molecule has 0 radical (unpaired) electrons. The molecule has 0 bridgehead atoms. The molecule has 0 aliphatic heterocycles. The molecular weight excluding hydrogens is 224 g/mol. The minimum Gasteiger partial charge on any atom is -0.455 e. The Morgan fingerprint density at radius 1 is 1.17 bits per heavy atom. The first-order valence-corrected chi connectivity index (χ1v) is 6.31. The molecular formula is C15H16N2O. The van der Waals surface area contributed by atoms with E-state index >= 15 is 0 Å². The summed E-state index contributed by atoms with van der Waals surface area (Å²) in [5, 5.41) is 3.49. The molecule has 0 amide bonds. The second kappa shape index (κ2) is 5.19. The minimum atomic E-state index is 0.697. The smallest absolute Gasteiger partial charge is 0.150 e. The van der Waals surface area contributed by atoms with Crippen LogP contribution in [0.5, 0.6) is 11.5 Å². The highest BCUT2D eigenvalue weighted by Gasteiger charge is 2.20. The molecule has 18 heavy (non-hydrogen) atoms. The van der Waals surface area contributed by atoms with Crippen molar-refractivity contribution in [2.24, 2.45) is 0 Å². The van der Waals surface area contributed by atoms with E-state index in [4.69, 9.17) is 4.74 Å². The van der Waals surface area contributed by atoms with Crippen LogP contribution < -0.4 is 10.1 Å². The van der Waals surface area contributed by atoms with Gasteiger partial charge in [0.1, 0.15) is 11.5 Å². The topological polar surface area (TPSA) is 34.1 Å². The number of rotatable bonds is 5. The van der Waals surface area contributed by atoms with E-state index in [0.717, 1.165) is 23.6 Å². The first kappa shape index (κ1) is 11.2. The van der Waals surface area contributed by atoms with Gasteiger partial charge in [-0.15, -0.1) is 0 Å². The van der Waals surface area contributed by atoms with Gasteiger partial charge in [-0.05, 0) is 31.0 Å². The van der Waals surface area contributed by atoms with Crippen molar-refractivity contribution in [2.75, 3.05) is 0 Å². The summed E-state index contributed by atoms with van der Waals surface area (Å²) in [7, 11) is 0. The third-order valence-electron chi connectivity index (χ3n) is 3.00. The van der Waals surface area contributed by atoms with Crippen LogP contribution in [0, 0.1) is 0 Å². The zero-order valence-corrected chi connectivity index (χ0v) is 10.2.